The van der Waals surface area contributed by atoms with Gasteiger partial charge in [0.25, 0.3) is 0 Å². The smallest absolute Gasteiger partial charge is 0.306 e. The first kappa shape index (κ1) is 84.4. The predicted molar refractivity (Wildman–Crippen MR) is 379 cm³/mol. The fourth-order valence-electron chi connectivity index (χ4n) is 9.92. The van der Waals surface area contributed by atoms with Crippen molar-refractivity contribution in [3.05, 3.63) is 134 Å². The lowest BCUT2D eigenvalue weighted by Crippen LogP contribution is -2.44. The minimum Gasteiger partial charge on any atom is -0.545 e. The van der Waals surface area contributed by atoms with Gasteiger partial charge in [0, 0.05) is 12.8 Å². The van der Waals surface area contributed by atoms with Gasteiger partial charge in [0.2, 0.25) is 0 Å². The van der Waals surface area contributed by atoms with E-state index in [2.05, 4.69) is 148 Å². The average molecular weight is 1240 g/mol. The summed E-state index contributed by atoms with van der Waals surface area (Å²) in [5.74, 6) is -2.28. The monoisotopic (exact) mass is 1240 g/mol. The molecule has 0 spiro atoms. The van der Waals surface area contributed by atoms with Crippen LogP contribution in [0.1, 0.15) is 296 Å². The zero-order valence-corrected chi connectivity index (χ0v) is 58.0. The zero-order valence-electron chi connectivity index (χ0n) is 58.0. The van der Waals surface area contributed by atoms with Crippen LogP contribution in [0.25, 0.3) is 0 Å². The third-order valence-electron chi connectivity index (χ3n) is 15.4. The summed E-state index contributed by atoms with van der Waals surface area (Å²) in [5.41, 5.74) is 0. The second-order valence-corrected chi connectivity index (χ2v) is 25.1. The Kier molecular flexibility index (Phi) is 65.8. The number of allylic oxidation sites excluding steroid dienone is 22. The first-order valence-corrected chi connectivity index (χ1v) is 36.3. The number of hydrogen-bond donors (Lipinski definition) is 0. The number of carboxylic acids is 1. The van der Waals surface area contributed by atoms with Crippen molar-refractivity contribution >= 4 is 17.9 Å². The normalized spacial score (nSPS) is 13.5. The SMILES string of the molecule is CC/C=C\C/C=C\C/C=C\C/C=C\C/C=C\C/C=C\C/C=C\CCCCCCCCCCCCCCCCCCCCCC(=O)OC(COC(=O)CCCCCCCCCCCC/C=C\C/C=C\C/C=C\C/C=C\CC)COC(OCC[N+](C)(C)C)C(=O)[O-]. The number of carbonyl (C=O) groups is 3. The summed E-state index contributed by atoms with van der Waals surface area (Å²) >= 11 is 0. The molecule has 0 heterocycles. The van der Waals surface area contributed by atoms with Crippen molar-refractivity contribution in [2.45, 2.75) is 309 Å². The molecule has 0 aromatic carbocycles. The van der Waals surface area contributed by atoms with Crippen LogP contribution in [0.5, 0.6) is 0 Å². The molecule has 0 aliphatic heterocycles. The Bertz CT molecular complexity index is 1930. The van der Waals surface area contributed by atoms with Crippen molar-refractivity contribution < 1.29 is 42.9 Å². The Balaban J connectivity index is 4.05. The van der Waals surface area contributed by atoms with E-state index >= 15 is 0 Å². The number of carbonyl (C=O) groups excluding carboxylic acids is 3. The van der Waals surface area contributed by atoms with E-state index in [1.807, 2.05) is 21.1 Å². The molecule has 508 valence electrons. The molecule has 0 aliphatic carbocycles. The second kappa shape index (κ2) is 69.3. The van der Waals surface area contributed by atoms with Crippen LogP contribution < -0.4 is 5.11 Å². The minimum atomic E-state index is -1.63. The Morgan fingerprint density at radius 1 is 0.337 bits per heavy atom. The molecule has 0 amide bonds. The lowest BCUT2D eigenvalue weighted by Gasteiger charge is -2.26. The Hall–Kier alpha value is -4.57. The van der Waals surface area contributed by atoms with Crippen molar-refractivity contribution in [3.63, 3.8) is 0 Å². The van der Waals surface area contributed by atoms with Gasteiger partial charge in [0.1, 0.15) is 13.2 Å². The topological polar surface area (TPSA) is 111 Å². The van der Waals surface area contributed by atoms with Crippen molar-refractivity contribution in [3.8, 4) is 0 Å². The lowest BCUT2D eigenvalue weighted by molar-refractivity contribution is -0.870. The van der Waals surface area contributed by atoms with Gasteiger partial charge in [-0.25, -0.2) is 0 Å². The van der Waals surface area contributed by atoms with Gasteiger partial charge >= 0.3 is 11.9 Å². The molecule has 9 nitrogen and oxygen atoms in total. The average Bonchev–Trinajstić information content (AvgIpc) is 3.64. The van der Waals surface area contributed by atoms with Gasteiger partial charge in [-0.1, -0.05) is 308 Å². The molecule has 0 rings (SSSR count). The van der Waals surface area contributed by atoms with Gasteiger partial charge < -0.3 is 33.3 Å². The number of nitrogens with zero attached hydrogens (tertiary/aromatic N) is 1. The molecular weight excluding hydrogens is 1100 g/mol. The highest BCUT2D eigenvalue weighted by atomic mass is 16.7. The van der Waals surface area contributed by atoms with Gasteiger partial charge in [-0.2, -0.15) is 0 Å². The van der Waals surface area contributed by atoms with Crippen LogP contribution in [-0.4, -0.2) is 82.3 Å². The number of hydrogen-bond acceptors (Lipinski definition) is 8. The van der Waals surface area contributed by atoms with Crippen molar-refractivity contribution in [1.82, 2.24) is 0 Å². The van der Waals surface area contributed by atoms with Crippen molar-refractivity contribution in [2.24, 2.45) is 0 Å². The van der Waals surface area contributed by atoms with Crippen LogP contribution in [0, 0.1) is 0 Å². The fourth-order valence-corrected chi connectivity index (χ4v) is 9.92. The quantitative estimate of drug-likeness (QED) is 0.0195. The molecule has 0 N–H and O–H groups in total. The summed E-state index contributed by atoms with van der Waals surface area (Å²) in [5, 5.41) is 11.8. The Morgan fingerprint density at radius 3 is 0.899 bits per heavy atom. The van der Waals surface area contributed by atoms with E-state index < -0.39 is 24.3 Å². The van der Waals surface area contributed by atoms with E-state index in [1.54, 1.807) is 0 Å². The highest BCUT2D eigenvalue weighted by Gasteiger charge is 2.22. The van der Waals surface area contributed by atoms with Crippen LogP contribution >= 0.6 is 0 Å². The number of aliphatic carboxylic acids is 1. The largest absolute Gasteiger partial charge is 0.545 e. The standard InChI is InChI=1S/C80H135NO8/c1-6-8-10-12-14-16-18-20-22-24-26-28-30-31-32-33-34-35-36-37-38-39-40-41-42-43-44-45-46-47-49-51-53-55-57-59-61-63-65-67-69-71-78(83)89-76(75-88-80(79(84)85)86-73-72-81(3,4)5)74-87-77(82)70-68-66-64-62-60-58-56-54-52-50-48-29-27-25-23-21-19-17-15-13-11-9-7-2/h8-11,14-17,20-23,26-29,31-32,34-35,37-38,76,80H,6-7,12-13,18-19,24-25,30,33,36,39-75H2,1-5H3/b10-8-,11-9-,16-14-,17-15-,22-20-,23-21-,28-26-,29-27-,32-31-,35-34-,38-37-. The maximum absolute atomic E-state index is 12.9. The molecule has 0 aromatic heterocycles. The summed E-state index contributed by atoms with van der Waals surface area (Å²) in [4.78, 5) is 37.5. The number of likely N-dealkylation sites (N-methyl/N-ethyl adjacent to an activating group) is 1. The molecule has 2 atom stereocenters. The molecular formula is C80H135NO8. The first-order chi connectivity index (χ1) is 43.6. The maximum Gasteiger partial charge on any atom is 0.306 e. The van der Waals surface area contributed by atoms with Gasteiger partial charge in [-0.15, -0.1) is 0 Å². The molecule has 0 bridgehead atoms. The molecule has 0 aromatic rings. The van der Waals surface area contributed by atoms with Gasteiger partial charge in [0.15, 0.2) is 12.4 Å². The number of esters is 2. The molecule has 0 saturated heterocycles. The summed E-state index contributed by atoms with van der Waals surface area (Å²) < 4.78 is 22.8. The minimum absolute atomic E-state index is 0.143. The first-order valence-electron chi connectivity index (χ1n) is 36.3. The van der Waals surface area contributed by atoms with E-state index in [-0.39, 0.29) is 38.6 Å². The molecule has 0 aliphatic rings. The molecule has 0 radical (unpaired) electrons. The summed E-state index contributed by atoms with van der Waals surface area (Å²) in [6.45, 7) is 4.53. The highest BCUT2D eigenvalue weighted by molar-refractivity contribution is 5.70. The van der Waals surface area contributed by atoms with Crippen molar-refractivity contribution in [2.75, 3.05) is 47.5 Å². The van der Waals surface area contributed by atoms with Gasteiger partial charge in [-0.3, -0.25) is 9.59 Å². The number of quaternary nitrogens is 1. The third-order valence-corrected chi connectivity index (χ3v) is 15.4. The lowest BCUT2D eigenvalue weighted by atomic mass is 10.0. The molecule has 9 heteroatoms. The summed E-state index contributed by atoms with van der Waals surface area (Å²) in [7, 11) is 5.93. The van der Waals surface area contributed by atoms with Crippen LogP contribution in [0.3, 0.4) is 0 Å². The predicted octanol–water partition coefficient (Wildman–Crippen LogP) is 21.6. The van der Waals surface area contributed by atoms with Crippen LogP contribution in [-0.2, 0) is 33.3 Å². The second-order valence-electron chi connectivity index (χ2n) is 25.1. The number of ether oxygens (including phenoxy) is 4. The number of rotatable bonds is 66. The number of unbranched alkanes of at least 4 members (excludes halogenated alkanes) is 29. The van der Waals surface area contributed by atoms with E-state index in [1.165, 1.54) is 148 Å². The summed E-state index contributed by atoms with van der Waals surface area (Å²) in [6, 6.07) is 0. The van der Waals surface area contributed by atoms with Gasteiger partial charge in [0.05, 0.1) is 40.3 Å². The maximum atomic E-state index is 12.9. The summed E-state index contributed by atoms with van der Waals surface area (Å²) in [6.07, 6.45) is 96.8. The van der Waals surface area contributed by atoms with Crippen LogP contribution in [0.4, 0.5) is 0 Å². The third kappa shape index (κ3) is 70.7. The van der Waals surface area contributed by atoms with E-state index in [0.717, 1.165) is 116 Å². The molecule has 0 fully saturated rings. The highest BCUT2D eigenvalue weighted by Crippen LogP contribution is 2.17. The van der Waals surface area contributed by atoms with Gasteiger partial charge in [-0.05, 0) is 109 Å². The van der Waals surface area contributed by atoms with Crippen molar-refractivity contribution in [1.29, 1.82) is 0 Å². The number of carboxylic acid groups (broad SMARTS) is 1. The zero-order chi connectivity index (χ0) is 64.7. The molecule has 2 unspecified atom stereocenters. The molecule has 0 saturated carbocycles. The van der Waals surface area contributed by atoms with E-state index in [9.17, 15) is 19.5 Å². The fraction of sp³-hybridized carbons (Fsp3) is 0.688. The molecule has 89 heavy (non-hydrogen) atoms. The van der Waals surface area contributed by atoms with E-state index in [0.29, 0.717) is 17.4 Å². The van der Waals surface area contributed by atoms with Crippen LogP contribution in [0.2, 0.25) is 0 Å². The Morgan fingerprint density at radius 2 is 0.607 bits per heavy atom. The Labute approximate surface area is 548 Å². The van der Waals surface area contributed by atoms with Crippen LogP contribution in [0.15, 0.2) is 134 Å². The van der Waals surface area contributed by atoms with E-state index in [4.69, 9.17) is 18.9 Å².